The largest absolute Gasteiger partial charge is 0.426 e. The summed E-state index contributed by atoms with van der Waals surface area (Å²) in [6, 6.07) is 12.3. The Morgan fingerprint density at radius 2 is 1.75 bits per heavy atom. The van der Waals surface area contributed by atoms with Crippen LogP contribution in [0.15, 0.2) is 48.5 Å². The highest BCUT2D eigenvalue weighted by Gasteiger charge is 2.44. The fraction of sp³-hybridized carbons (Fsp3) is 0.263. The minimum atomic E-state index is -0.842. The standard InChI is InChI=1S/C19H18FNO3/c20-15-7-4-6-14(12-15)19(9-1-2-10-19)18(23)24-16-8-3-5-13(11-16)17(21)22/h3-8,11-12H,1-2,9-10H2,(H2,21,22). The molecule has 0 saturated heterocycles. The van der Waals surface area contributed by atoms with E-state index in [0.717, 1.165) is 12.8 Å². The number of rotatable bonds is 4. The van der Waals surface area contributed by atoms with Crippen LogP contribution in [0.1, 0.15) is 41.6 Å². The maximum Gasteiger partial charge on any atom is 0.321 e. The van der Waals surface area contributed by atoms with Gasteiger partial charge in [-0.3, -0.25) is 9.59 Å². The predicted molar refractivity (Wildman–Crippen MR) is 87.1 cm³/mol. The third-order valence-electron chi connectivity index (χ3n) is 4.55. The van der Waals surface area contributed by atoms with Gasteiger partial charge in [0, 0.05) is 5.56 Å². The Bertz CT molecular complexity index is 782. The second-order valence-corrected chi connectivity index (χ2v) is 6.08. The normalized spacial score (nSPS) is 15.9. The van der Waals surface area contributed by atoms with Crippen molar-refractivity contribution in [3.63, 3.8) is 0 Å². The first kappa shape index (κ1) is 16.2. The summed E-state index contributed by atoms with van der Waals surface area (Å²) >= 11 is 0. The van der Waals surface area contributed by atoms with Crippen LogP contribution < -0.4 is 10.5 Å². The number of hydrogen-bond acceptors (Lipinski definition) is 3. The molecule has 0 radical (unpaired) electrons. The highest BCUT2D eigenvalue weighted by molar-refractivity contribution is 5.93. The van der Waals surface area contributed by atoms with Crippen LogP contribution in [0.2, 0.25) is 0 Å². The molecule has 0 atom stereocenters. The van der Waals surface area contributed by atoms with Crippen LogP contribution in [0, 0.1) is 5.82 Å². The number of nitrogens with two attached hydrogens (primary N) is 1. The van der Waals surface area contributed by atoms with Crippen LogP contribution in [0.25, 0.3) is 0 Å². The Kier molecular flexibility index (Phi) is 4.34. The van der Waals surface area contributed by atoms with E-state index in [-0.39, 0.29) is 17.1 Å². The third kappa shape index (κ3) is 3.02. The van der Waals surface area contributed by atoms with Crippen LogP contribution in [0.5, 0.6) is 5.75 Å². The van der Waals surface area contributed by atoms with Gasteiger partial charge >= 0.3 is 5.97 Å². The molecule has 1 aliphatic carbocycles. The molecule has 0 unspecified atom stereocenters. The van der Waals surface area contributed by atoms with E-state index in [1.54, 1.807) is 30.3 Å². The average Bonchev–Trinajstić information content (AvgIpc) is 3.06. The molecule has 5 heteroatoms. The van der Waals surface area contributed by atoms with Gasteiger partial charge < -0.3 is 10.5 Å². The topological polar surface area (TPSA) is 69.4 Å². The maximum absolute atomic E-state index is 13.6. The summed E-state index contributed by atoms with van der Waals surface area (Å²) in [4.78, 5) is 24.1. The van der Waals surface area contributed by atoms with E-state index >= 15 is 0 Å². The molecule has 1 aliphatic rings. The number of benzene rings is 2. The molecule has 3 rings (SSSR count). The van der Waals surface area contributed by atoms with Crippen molar-refractivity contribution in [2.45, 2.75) is 31.1 Å². The molecule has 0 aromatic heterocycles. The molecule has 0 heterocycles. The molecule has 24 heavy (non-hydrogen) atoms. The first-order valence-electron chi connectivity index (χ1n) is 7.89. The van der Waals surface area contributed by atoms with Crippen LogP contribution in [-0.4, -0.2) is 11.9 Å². The van der Waals surface area contributed by atoms with Gasteiger partial charge in [-0.25, -0.2) is 4.39 Å². The second-order valence-electron chi connectivity index (χ2n) is 6.08. The molecule has 0 spiro atoms. The fourth-order valence-electron chi connectivity index (χ4n) is 3.29. The SMILES string of the molecule is NC(=O)c1cccc(OC(=O)C2(c3cccc(F)c3)CCCC2)c1. The van der Waals surface area contributed by atoms with Gasteiger partial charge in [-0.1, -0.05) is 31.0 Å². The molecular weight excluding hydrogens is 309 g/mol. The van der Waals surface area contributed by atoms with Crippen molar-refractivity contribution < 1.29 is 18.7 Å². The number of primary amides is 1. The number of ether oxygens (including phenoxy) is 1. The van der Waals surface area contributed by atoms with Gasteiger partial charge in [-0.15, -0.1) is 0 Å². The number of carbonyl (C=O) groups excluding carboxylic acids is 2. The third-order valence-corrected chi connectivity index (χ3v) is 4.55. The zero-order chi connectivity index (χ0) is 17.2. The summed E-state index contributed by atoms with van der Waals surface area (Å²) in [5, 5.41) is 0. The van der Waals surface area contributed by atoms with Crippen molar-refractivity contribution in [2.75, 3.05) is 0 Å². The predicted octanol–water partition coefficient (Wildman–Crippen LogP) is 3.34. The summed E-state index contributed by atoms with van der Waals surface area (Å²) in [7, 11) is 0. The van der Waals surface area contributed by atoms with Gasteiger partial charge in [0.25, 0.3) is 0 Å². The average molecular weight is 327 g/mol. The van der Waals surface area contributed by atoms with E-state index in [4.69, 9.17) is 10.5 Å². The maximum atomic E-state index is 13.6. The van der Waals surface area contributed by atoms with E-state index < -0.39 is 17.3 Å². The number of halogens is 1. The summed E-state index contributed by atoms with van der Waals surface area (Å²) < 4.78 is 19.1. The lowest BCUT2D eigenvalue weighted by Gasteiger charge is -2.27. The highest BCUT2D eigenvalue weighted by atomic mass is 19.1. The Labute approximate surface area is 139 Å². The van der Waals surface area contributed by atoms with E-state index in [9.17, 15) is 14.0 Å². The molecule has 2 aromatic rings. The van der Waals surface area contributed by atoms with Crippen LogP contribution in [0.4, 0.5) is 4.39 Å². The fourth-order valence-corrected chi connectivity index (χ4v) is 3.29. The van der Waals surface area contributed by atoms with Crippen molar-refractivity contribution in [1.82, 2.24) is 0 Å². The molecule has 0 aliphatic heterocycles. The van der Waals surface area contributed by atoms with Gasteiger partial charge in [0.1, 0.15) is 11.6 Å². The Balaban J connectivity index is 1.91. The Morgan fingerprint density at radius 3 is 2.42 bits per heavy atom. The lowest BCUT2D eigenvalue weighted by molar-refractivity contribution is -0.140. The Hall–Kier alpha value is -2.69. The van der Waals surface area contributed by atoms with Crippen molar-refractivity contribution >= 4 is 11.9 Å². The number of esters is 1. The zero-order valence-electron chi connectivity index (χ0n) is 13.1. The quantitative estimate of drug-likeness (QED) is 0.691. The van der Waals surface area contributed by atoms with Crippen molar-refractivity contribution in [3.05, 3.63) is 65.5 Å². The summed E-state index contributed by atoms with van der Waals surface area (Å²) in [5.74, 6) is -1.12. The van der Waals surface area contributed by atoms with Crippen molar-refractivity contribution in [1.29, 1.82) is 0 Å². The first-order chi connectivity index (χ1) is 11.5. The van der Waals surface area contributed by atoms with Crippen molar-refractivity contribution in [3.8, 4) is 5.75 Å². The monoisotopic (exact) mass is 327 g/mol. The molecule has 1 fully saturated rings. The summed E-state index contributed by atoms with van der Waals surface area (Å²) in [5.41, 5.74) is 5.31. The van der Waals surface area contributed by atoms with E-state index in [1.807, 2.05) is 0 Å². The zero-order valence-corrected chi connectivity index (χ0v) is 13.1. The summed E-state index contributed by atoms with van der Waals surface area (Å²) in [6.45, 7) is 0. The Morgan fingerprint density at radius 1 is 1.04 bits per heavy atom. The van der Waals surface area contributed by atoms with E-state index in [2.05, 4.69) is 0 Å². The van der Waals surface area contributed by atoms with Crippen molar-refractivity contribution in [2.24, 2.45) is 5.73 Å². The molecule has 4 nitrogen and oxygen atoms in total. The summed E-state index contributed by atoms with van der Waals surface area (Å²) in [6.07, 6.45) is 3.00. The molecule has 1 saturated carbocycles. The first-order valence-corrected chi connectivity index (χ1v) is 7.89. The minimum absolute atomic E-state index is 0.263. The van der Waals surface area contributed by atoms with E-state index in [0.29, 0.717) is 18.4 Å². The molecule has 2 N–H and O–H groups in total. The van der Waals surface area contributed by atoms with Gasteiger partial charge in [0.15, 0.2) is 0 Å². The minimum Gasteiger partial charge on any atom is -0.426 e. The van der Waals surface area contributed by atoms with Crippen LogP contribution in [-0.2, 0) is 10.2 Å². The lowest BCUT2D eigenvalue weighted by Crippen LogP contribution is -2.36. The van der Waals surface area contributed by atoms with Gasteiger partial charge in [-0.05, 0) is 48.7 Å². The number of carbonyl (C=O) groups is 2. The van der Waals surface area contributed by atoms with E-state index in [1.165, 1.54) is 18.2 Å². The lowest BCUT2D eigenvalue weighted by atomic mass is 9.79. The van der Waals surface area contributed by atoms with Gasteiger partial charge in [0.2, 0.25) is 5.91 Å². The number of amides is 1. The highest BCUT2D eigenvalue weighted by Crippen LogP contribution is 2.42. The smallest absolute Gasteiger partial charge is 0.321 e. The van der Waals surface area contributed by atoms with Crippen LogP contribution in [0.3, 0.4) is 0 Å². The number of hydrogen-bond donors (Lipinski definition) is 1. The second kappa shape index (κ2) is 6.43. The molecule has 1 amide bonds. The molecule has 2 aromatic carbocycles. The van der Waals surface area contributed by atoms with Gasteiger partial charge in [0.05, 0.1) is 5.41 Å². The van der Waals surface area contributed by atoms with Crippen LogP contribution >= 0.6 is 0 Å². The molecule has 0 bridgehead atoms. The van der Waals surface area contributed by atoms with Gasteiger partial charge in [-0.2, -0.15) is 0 Å². The molecule has 124 valence electrons. The molecular formula is C19H18FNO3.